The molecule has 0 saturated carbocycles. The van der Waals surface area contributed by atoms with Gasteiger partial charge in [-0.3, -0.25) is 14.5 Å². The third kappa shape index (κ3) is 4.77. The van der Waals surface area contributed by atoms with E-state index >= 15 is 0 Å². The largest absolute Gasteiger partial charge is 0.416 e. The summed E-state index contributed by atoms with van der Waals surface area (Å²) in [5, 5.41) is 7.67. The van der Waals surface area contributed by atoms with Gasteiger partial charge in [-0.05, 0) is 23.8 Å². The van der Waals surface area contributed by atoms with E-state index in [1.54, 1.807) is 29.2 Å². The zero-order valence-electron chi connectivity index (χ0n) is 16.7. The van der Waals surface area contributed by atoms with Gasteiger partial charge >= 0.3 is 6.18 Å². The van der Waals surface area contributed by atoms with Crippen LogP contribution in [0.4, 0.5) is 13.2 Å². The molecule has 3 aromatic rings. The zero-order valence-corrected chi connectivity index (χ0v) is 16.7. The Morgan fingerprint density at radius 2 is 1.61 bits per heavy atom. The van der Waals surface area contributed by atoms with Crippen molar-refractivity contribution in [3.05, 3.63) is 75.7 Å². The molecule has 2 aromatic carbocycles. The molecule has 1 N–H and O–H groups in total. The van der Waals surface area contributed by atoms with Gasteiger partial charge in [0.15, 0.2) is 0 Å². The van der Waals surface area contributed by atoms with Gasteiger partial charge in [-0.15, -0.1) is 0 Å². The maximum Gasteiger partial charge on any atom is 0.416 e. The number of aromatic amines is 1. The first-order chi connectivity index (χ1) is 14.8. The predicted octanol–water partition coefficient (Wildman–Crippen LogP) is 2.83. The number of alkyl halides is 3. The molecule has 6 nitrogen and oxygen atoms in total. The quantitative estimate of drug-likeness (QED) is 0.691. The third-order valence-corrected chi connectivity index (χ3v) is 5.51. The highest BCUT2D eigenvalue weighted by molar-refractivity contribution is 5.88. The van der Waals surface area contributed by atoms with E-state index in [9.17, 15) is 22.8 Å². The van der Waals surface area contributed by atoms with Crippen molar-refractivity contribution in [3.8, 4) is 0 Å². The first kappa shape index (κ1) is 21.0. The molecular formula is C22H21F3N4O2. The number of fused-ring (bicyclic) bond motifs is 1. The minimum Gasteiger partial charge on any atom is -0.340 e. The van der Waals surface area contributed by atoms with Gasteiger partial charge in [0.1, 0.15) is 0 Å². The second-order valence-electron chi connectivity index (χ2n) is 7.57. The SMILES string of the molecule is O=C(Cc1n[nH]c(=O)c2ccccc12)N1CCN(Cc2ccc(C(F)(F)F)cc2)CC1. The Bertz CT molecular complexity index is 1130. The van der Waals surface area contributed by atoms with E-state index in [0.29, 0.717) is 49.2 Å². The van der Waals surface area contributed by atoms with Crippen LogP contribution < -0.4 is 5.56 Å². The monoisotopic (exact) mass is 430 g/mol. The Morgan fingerprint density at radius 3 is 2.26 bits per heavy atom. The number of H-pyrrole nitrogens is 1. The normalized spacial score (nSPS) is 15.4. The molecular weight excluding hydrogens is 409 g/mol. The summed E-state index contributed by atoms with van der Waals surface area (Å²) in [6.45, 7) is 2.85. The maximum atomic E-state index is 12.8. The van der Waals surface area contributed by atoms with Crippen LogP contribution in [0.2, 0.25) is 0 Å². The van der Waals surface area contributed by atoms with Crippen LogP contribution in [-0.2, 0) is 23.9 Å². The summed E-state index contributed by atoms with van der Waals surface area (Å²) >= 11 is 0. The van der Waals surface area contributed by atoms with Crippen molar-refractivity contribution in [1.29, 1.82) is 0 Å². The number of nitrogens with zero attached hydrogens (tertiary/aromatic N) is 3. The van der Waals surface area contributed by atoms with Gasteiger partial charge in [0.05, 0.1) is 23.1 Å². The van der Waals surface area contributed by atoms with Crippen LogP contribution in [0.25, 0.3) is 10.8 Å². The second kappa shape index (κ2) is 8.50. The molecule has 9 heteroatoms. The fourth-order valence-corrected chi connectivity index (χ4v) is 3.77. The number of piperazine rings is 1. The zero-order chi connectivity index (χ0) is 22.0. The van der Waals surface area contributed by atoms with Crippen LogP contribution >= 0.6 is 0 Å². The number of rotatable bonds is 4. The number of hydrogen-bond acceptors (Lipinski definition) is 4. The highest BCUT2D eigenvalue weighted by Crippen LogP contribution is 2.29. The van der Waals surface area contributed by atoms with Crippen molar-refractivity contribution in [2.45, 2.75) is 19.1 Å². The van der Waals surface area contributed by atoms with Crippen LogP contribution in [0.15, 0.2) is 53.3 Å². The Balaban J connectivity index is 1.34. The molecule has 0 atom stereocenters. The van der Waals surface area contributed by atoms with E-state index in [0.717, 1.165) is 17.7 Å². The molecule has 0 bridgehead atoms. The van der Waals surface area contributed by atoms with E-state index in [2.05, 4.69) is 15.1 Å². The lowest BCUT2D eigenvalue weighted by Crippen LogP contribution is -2.48. The summed E-state index contributed by atoms with van der Waals surface area (Å²) in [6.07, 6.45) is -4.24. The highest BCUT2D eigenvalue weighted by atomic mass is 19.4. The van der Waals surface area contributed by atoms with Gasteiger partial charge in [0, 0.05) is 38.1 Å². The Morgan fingerprint density at radius 1 is 0.968 bits per heavy atom. The van der Waals surface area contributed by atoms with Crippen molar-refractivity contribution in [2.75, 3.05) is 26.2 Å². The summed E-state index contributed by atoms with van der Waals surface area (Å²) < 4.78 is 38.1. The molecule has 0 spiro atoms. The van der Waals surface area contributed by atoms with E-state index in [4.69, 9.17) is 0 Å². The summed E-state index contributed by atoms with van der Waals surface area (Å²) in [6, 6.07) is 12.2. The molecule has 1 saturated heterocycles. The molecule has 1 amide bonds. The lowest BCUT2D eigenvalue weighted by Gasteiger charge is -2.34. The molecule has 0 unspecified atom stereocenters. The molecule has 2 heterocycles. The first-order valence-electron chi connectivity index (χ1n) is 9.94. The van der Waals surface area contributed by atoms with Crippen molar-refractivity contribution in [3.63, 3.8) is 0 Å². The molecule has 162 valence electrons. The summed E-state index contributed by atoms with van der Waals surface area (Å²) in [4.78, 5) is 28.5. The lowest BCUT2D eigenvalue weighted by molar-refractivity contribution is -0.137. The minimum atomic E-state index is -4.34. The van der Waals surface area contributed by atoms with Gasteiger partial charge in [0.25, 0.3) is 5.56 Å². The van der Waals surface area contributed by atoms with Crippen molar-refractivity contribution < 1.29 is 18.0 Å². The molecule has 1 fully saturated rings. The van der Waals surface area contributed by atoms with E-state index < -0.39 is 11.7 Å². The van der Waals surface area contributed by atoms with Gasteiger partial charge in [-0.1, -0.05) is 30.3 Å². The maximum absolute atomic E-state index is 12.8. The van der Waals surface area contributed by atoms with Crippen LogP contribution in [0, 0.1) is 0 Å². The van der Waals surface area contributed by atoms with Crippen molar-refractivity contribution >= 4 is 16.7 Å². The average molecular weight is 430 g/mol. The van der Waals surface area contributed by atoms with E-state index in [1.807, 2.05) is 0 Å². The summed E-state index contributed by atoms with van der Waals surface area (Å²) in [7, 11) is 0. The number of carbonyl (C=O) groups excluding carboxylic acids is 1. The topological polar surface area (TPSA) is 69.3 Å². The molecule has 31 heavy (non-hydrogen) atoms. The molecule has 0 radical (unpaired) electrons. The molecule has 1 aromatic heterocycles. The predicted molar refractivity (Wildman–Crippen MR) is 109 cm³/mol. The number of carbonyl (C=O) groups is 1. The second-order valence-corrected chi connectivity index (χ2v) is 7.57. The number of hydrogen-bond donors (Lipinski definition) is 1. The van der Waals surface area contributed by atoms with Crippen molar-refractivity contribution in [1.82, 2.24) is 20.0 Å². The molecule has 4 rings (SSSR count). The lowest BCUT2D eigenvalue weighted by atomic mass is 10.1. The van der Waals surface area contributed by atoms with Crippen molar-refractivity contribution in [2.24, 2.45) is 0 Å². The Labute approximate surface area is 176 Å². The van der Waals surface area contributed by atoms with Gasteiger partial charge < -0.3 is 4.90 Å². The van der Waals surface area contributed by atoms with Gasteiger partial charge in [-0.25, -0.2) is 5.10 Å². The van der Waals surface area contributed by atoms with E-state index in [-0.39, 0.29) is 17.9 Å². The van der Waals surface area contributed by atoms with Crippen LogP contribution in [0.1, 0.15) is 16.8 Å². The highest BCUT2D eigenvalue weighted by Gasteiger charge is 2.30. The molecule has 0 aliphatic carbocycles. The van der Waals surface area contributed by atoms with Gasteiger partial charge in [-0.2, -0.15) is 18.3 Å². The van der Waals surface area contributed by atoms with Crippen LogP contribution in [0.5, 0.6) is 0 Å². The van der Waals surface area contributed by atoms with Crippen LogP contribution in [0.3, 0.4) is 0 Å². The fourth-order valence-electron chi connectivity index (χ4n) is 3.77. The molecule has 1 aliphatic rings. The smallest absolute Gasteiger partial charge is 0.340 e. The number of aromatic nitrogens is 2. The number of nitrogens with one attached hydrogen (secondary N) is 1. The fraction of sp³-hybridized carbons (Fsp3) is 0.318. The number of benzene rings is 2. The standard InChI is InChI=1S/C22H21F3N4O2/c23-22(24,25)16-7-5-15(6-8-16)14-28-9-11-29(12-10-28)20(30)13-19-17-3-1-2-4-18(17)21(31)27-26-19/h1-8H,9-14H2,(H,27,31). The van der Waals surface area contributed by atoms with Gasteiger partial charge in [0.2, 0.25) is 5.91 Å². The number of halogens is 3. The molecule has 1 aliphatic heterocycles. The Kier molecular flexibility index (Phi) is 5.77. The number of amides is 1. The minimum absolute atomic E-state index is 0.0705. The van der Waals surface area contributed by atoms with E-state index in [1.165, 1.54) is 12.1 Å². The van der Waals surface area contributed by atoms with Crippen LogP contribution in [-0.4, -0.2) is 52.1 Å². The third-order valence-electron chi connectivity index (χ3n) is 5.51. The first-order valence-corrected chi connectivity index (χ1v) is 9.94. The Hall–Kier alpha value is -3.20. The summed E-state index contributed by atoms with van der Waals surface area (Å²) in [5.41, 5.74) is 0.391. The summed E-state index contributed by atoms with van der Waals surface area (Å²) in [5.74, 6) is -0.0705. The average Bonchev–Trinajstić information content (AvgIpc) is 2.76.